The first kappa shape index (κ1) is 20.4. The van der Waals surface area contributed by atoms with Crippen molar-refractivity contribution in [1.82, 2.24) is 15.2 Å². The van der Waals surface area contributed by atoms with E-state index < -0.39 is 0 Å². The van der Waals surface area contributed by atoms with Gasteiger partial charge in [0.15, 0.2) is 17.5 Å². The highest BCUT2D eigenvalue weighted by atomic mass is 127. The molecule has 0 aliphatic carbocycles. The zero-order valence-corrected chi connectivity index (χ0v) is 17.4. The third kappa shape index (κ3) is 6.12. The van der Waals surface area contributed by atoms with Gasteiger partial charge >= 0.3 is 0 Å². The van der Waals surface area contributed by atoms with Gasteiger partial charge in [0.2, 0.25) is 0 Å². The van der Waals surface area contributed by atoms with Crippen LogP contribution in [0.25, 0.3) is 0 Å². The highest BCUT2D eigenvalue weighted by Gasteiger charge is 2.10. The standard InChI is InChI=1S/C19H26N4O2.HI/c1-2-20-19(21-8-11-23-9-3-4-10-23)22-15-16-6-7-17-18(14-16)25-13-5-12-24-17;/h3-4,6-7,9-10,14H,2,5,8,11-13,15H2,1H3,(H2,20,21,22);1H. The molecule has 0 spiro atoms. The third-order valence-corrected chi connectivity index (χ3v) is 3.90. The summed E-state index contributed by atoms with van der Waals surface area (Å²) in [4.78, 5) is 4.66. The number of aliphatic imine (C=N–C) groups is 1. The van der Waals surface area contributed by atoms with Crippen LogP contribution >= 0.6 is 24.0 Å². The molecule has 7 heteroatoms. The summed E-state index contributed by atoms with van der Waals surface area (Å²) in [5.74, 6) is 2.46. The van der Waals surface area contributed by atoms with Gasteiger partial charge in [-0.3, -0.25) is 0 Å². The maximum Gasteiger partial charge on any atom is 0.191 e. The molecular weight excluding hydrogens is 443 g/mol. The first-order valence-electron chi connectivity index (χ1n) is 8.86. The van der Waals surface area contributed by atoms with Crippen LogP contribution in [0.1, 0.15) is 18.9 Å². The Bertz CT molecular complexity index is 689. The Morgan fingerprint density at radius 3 is 2.65 bits per heavy atom. The molecule has 3 rings (SSSR count). The van der Waals surface area contributed by atoms with Crippen molar-refractivity contribution in [2.75, 3.05) is 26.3 Å². The summed E-state index contributed by atoms with van der Waals surface area (Å²) in [5, 5.41) is 6.64. The Kier molecular flexibility index (Phi) is 8.60. The van der Waals surface area contributed by atoms with Crippen molar-refractivity contribution >= 4 is 29.9 Å². The van der Waals surface area contributed by atoms with Crippen molar-refractivity contribution in [3.63, 3.8) is 0 Å². The molecule has 0 saturated heterocycles. The molecule has 0 atom stereocenters. The summed E-state index contributed by atoms with van der Waals surface area (Å²) < 4.78 is 13.5. The van der Waals surface area contributed by atoms with E-state index in [0.717, 1.165) is 49.1 Å². The van der Waals surface area contributed by atoms with E-state index in [-0.39, 0.29) is 24.0 Å². The molecule has 2 aromatic rings. The molecule has 0 bridgehead atoms. The van der Waals surface area contributed by atoms with Gasteiger partial charge in [0.25, 0.3) is 0 Å². The largest absolute Gasteiger partial charge is 0.490 e. The van der Waals surface area contributed by atoms with Crippen LogP contribution in [0.4, 0.5) is 0 Å². The van der Waals surface area contributed by atoms with Gasteiger partial charge in [-0.15, -0.1) is 24.0 Å². The SMILES string of the molecule is CCNC(=NCc1ccc2c(c1)OCCCO2)NCCn1cccc1.I. The lowest BCUT2D eigenvalue weighted by Gasteiger charge is -2.12. The maximum absolute atomic E-state index is 5.74. The molecule has 0 fully saturated rings. The number of rotatable bonds is 6. The molecule has 0 amide bonds. The van der Waals surface area contributed by atoms with Crippen molar-refractivity contribution in [3.05, 3.63) is 48.3 Å². The summed E-state index contributed by atoms with van der Waals surface area (Å²) in [6.45, 7) is 6.62. The summed E-state index contributed by atoms with van der Waals surface area (Å²) in [6.07, 6.45) is 5.03. The Morgan fingerprint density at radius 2 is 1.88 bits per heavy atom. The van der Waals surface area contributed by atoms with Crippen molar-refractivity contribution in [2.24, 2.45) is 4.99 Å². The molecule has 2 N–H and O–H groups in total. The summed E-state index contributed by atoms with van der Waals surface area (Å²) in [5.41, 5.74) is 1.10. The highest BCUT2D eigenvalue weighted by Crippen LogP contribution is 2.30. The van der Waals surface area contributed by atoms with Gasteiger partial charge in [-0.1, -0.05) is 6.07 Å². The van der Waals surface area contributed by atoms with Crippen LogP contribution in [-0.2, 0) is 13.1 Å². The normalized spacial score (nSPS) is 13.5. The van der Waals surface area contributed by atoms with E-state index in [0.29, 0.717) is 19.8 Å². The van der Waals surface area contributed by atoms with E-state index in [1.165, 1.54) is 0 Å². The smallest absolute Gasteiger partial charge is 0.191 e. The van der Waals surface area contributed by atoms with Crippen LogP contribution in [-0.4, -0.2) is 36.8 Å². The Balaban J connectivity index is 0.00000243. The van der Waals surface area contributed by atoms with E-state index in [1.807, 2.05) is 30.3 Å². The number of hydrogen-bond donors (Lipinski definition) is 2. The lowest BCUT2D eigenvalue weighted by molar-refractivity contribution is 0.297. The van der Waals surface area contributed by atoms with Crippen molar-refractivity contribution in [1.29, 1.82) is 0 Å². The second-order valence-corrected chi connectivity index (χ2v) is 5.87. The molecule has 1 aliphatic heterocycles. The predicted molar refractivity (Wildman–Crippen MR) is 115 cm³/mol. The monoisotopic (exact) mass is 470 g/mol. The van der Waals surface area contributed by atoms with E-state index in [4.69, 9.17) is 9.47 Å². The number of nitrogens with zero attached hydrogens (tertiary/aromatic N) is 2. The van der Waals surface area contributed by atoms with Gasteiger partial charge in [-0.25, -0.2) is 4.99 Å². The fourth-order valence-electron chi connectivity index (χ4n) is 2.64. The van der Waals surface area contributed by atoms with Crippen LogP contribution in [0.2, 0.25) is 0 Å². The number of fused-ring (bicyclic) bond motifs is 1. The van der Waals surface area contributed by atoms with E-state index in [1.54, 1.807) is 0 Å². The predicted octanol–water partition coefficient (Wildman–Crippen LogP) is 3.02. The van der Waals surface area contributed by atoms with Crippen molar-refractivity contribution in [2.45, 2.75) is 26.4 Å². The fourth-order valence-corrected chi connectivity index (χ4v) is 2.64. The number of nitrogens with one attached hydrogen (secondary N) is 2. The minimum absolute atomic E-state index is 0. The zero-order valence-electron chi connectivity index (χ0n) is 15.1. The summed E-state index contributed by atoms with van der Waals surface area (Å²) in [6, 6.07) is 10.1. The molecule has 142 valence electrons. The lowest BCUT2D eigenvalue weighted by Crippen LogP contribution is -2.38. The number of guanidine groups is 1. The van der Waals surface area contributed by atoms with E-state index in [9.17, 15) is 0 Å². The molecule has 0 saturated carbocycles. The van der Waals surface area contributed by atoms with E-state index >= 15 is 0 Å². The lowest BCUT2D eigenvalue weighted by atomic mass is 10.2. The summed E-state index contributed by atoms with van der Waals surface area (Å²) in [7, 11) is 0. The third-order valence-electron chi connectivity index (χ3n) is 3.90. The van der Waals surface area contributed by atoms with Gasteiger partial charge in [0.05, 0.1) is 19.8 Å². The number of ether oxygens (including phenoxy) is 2. The minimum Gasteiger partial charge on any atom is -0.490 e. The van der Waals surface area contributed by atoms with Crippen LogP contribution in [0, 0.1) is 0 Å². The molecule has 0 unspecified atom stereocenters. The quantitative estimate of drug-likeness (QED) is 0.387. The van der Waals surface area contributed by atoms with Gasteiger partial charge in [-0.2, -0.15) is 0 Å². The molecule has 2 heterocycles. The highest BCUT2D eigenvalue weighted by molar-refractivity contribution is 14.0. The molecule has 0 radical (unpaired) electrons. The van der Waals surface area contributed by atoms with Gasteiger partial charge < -0.3 is 24.7 Å². The van der Waals surface area contributed by atoms with Gasteiger partial charge in [0, 0.05) is 38.4 Å². The van der Waals surface area contributed by atoms with Crippen LogP contribution in [0.3, 0.4) is 0 Å². The molecular formula is C19H27IN4O2. The molecule has 26 heavy (non-hydrogen) atoms. The van der Waals surface area contributed by atoms with Crippen LogP contribution < -0.4 is 20.1 Å². The second kappa shape index (κ2) is 10.9. The Hall–Kier alpha value is -1.90. The molecule has 6 nitrogen and oxygen atoms in total. The minimum atomic E-state index is 0. The second-order valence-electron chi connectivity index (χ2n) is 5.87. The molecule has 1 aromatic carbocycles. The Morgan fingerprint density at radius 1 is 1.12 bits per heavy atom. The van der Waals surface area contributed by atoms with E-state index in [2.05, 4.69) is 39.5 Å². The van der Waals surface area contributed by atoms with Crippen molar-refractivity contribution in [3.8, 4) is 11.5 Å². The zero-order chi connectivity index (χ0) is 17.3. The number of benzene rings is 1. The molecule has 1 aromatic heterocycles. The van der Waals surface area contributed by atoms with Crippen molar-refractivity contribution < 1.29 is 9.47 Å². The average Bonchev–Trinajstić information content (AvgIpc) is 3.03. The van der Waals surface area contributed by atoms with Gasteiger partial charge in [0.1, 0.15) is 0 Å². The molecule has 1 aliphatic rings. The first-order valence-corrected chi connectivity index (χ1v) is 8.86. The first-order chi connectivity index (χ1) is 12.3. The number of hydrogen-bond acceptors (Lipinski definition) is 3. The average molecular weight is 470 g/mol. The van der Waals surface area contributed by atoms with Crippen LogP contribution in [0.15, 0.2) is 47.7 Å². The summed E-state index contributed by atoms with van der Waals surface area (Å²) >= 11 is 0. The topological polar surface area (TPSA) is 59.8 Å². The Labute approximate surface area is 172 Å². The maximum atomic E-state index is 5.74. The fraction of sp³-hybridized carbons (Fsp3) is 0.421. The number of halogens is 1. The number of aromatic nitrogens is 1. The van der Waals surface area contributed by atoms with Gasteiger partial charge in [-0.05, 0) is 36.8 Å². The van der Waals surface area contributed by atoms with Crippen LogP contribution in [0.5, 0.6) is 11.5 Å².